The molecule has 2 aromatic rings. The number of aryl methyl sites for hydroxylation is 1. The second-order valence-corrected chi connectivity index (χ2v) is 5.75. The summed E-state index contributed by atoms with van der Waals surface area (Å²) in [6.45, 7) is 4.40. The van der Waals surface area contributed by atoms with Gasteiger partial charge in [-0.3, -0.25) is 0 Å². The van der Waals surface area contributed by atoms with E-state index in [1.807, 2.05) is 20.0 Å². The summed E-state index contributed by atoms with van der Waals surface area (Å²) in [7, 11) is 1.60. The van der Waals surface area contributed by atoms with Gasteiger partial charge in [0.25, 0.3) is 0 Å². The maximum absolute atomic E-state index is 5.96. The molecule has 0 bridgehead atoms. The van der Waals surface area contributed by atoms with Crippen molar-refractivity contribution in [1.29, 1.82) is 0 Å². The number of nitrogens with zero attached hydrogens (tertiary/aromatic N) is 3. The molecule has 0 aromatic carbocycles. The molecule has 2 rings (SSSR count). The van der Waals surface area contributed by atoms with Crippen LogP contribution in [0.3, 0.4) is 0 Å². The first kappa shape index (κ1) is 14.2. The van der Waals surface area contributed by atoms with Gasteiger partial charge >= 0.3 is 0 Å². The van der Waals surface area contributed by atoms with E-state index in [2.05, 4.69) is 20.3 Å². The van der Waals surface area contributed by atoms with Gasteiger partial charge in [-0.25, -0.2) is 15.0 Å². The summed E-state index contributed by atoms with van der Waals surface area (Å²) in [4.78, 5) is 14.0. The van der Waals surface area contributed by atoms with Gasteiger partial charge in [-0.2, -0.15) is 0 Å². The van der Waals surface area contributed by atoms with E-state index in [9.17, 15) is 0 Å². The van der Waals surface area contributed by atoms with Crippen LogP contribution in [0.25, 0.3) is 0 Å². The van der Waals surface area contributed by atoms with Crippen molar-refractivity contribution in [2.45, 2.75) is 26.5 Å². The molecule has 5 nitrogen and oxygen atoms in total. The molecule has 0 aliphatic rings. The van der Waals surface area contributed by atoms with Crippen LogP contribution in [-0.4, -0.2) is 22.1 Å². The van der Waals surface area contributed by atoms with Crippen LogP contribution >= 0.6 is 22.9 Å². The molecule has 0 aliphatic heterocycles. The number of nitrogens with one attached hydrogen (secondary N) is 1. The zero-order chi connectivity index (χ0) is 13.8. The molecule has 1 N–H and O–H groups in total. The lowest BCUT2D eigenvalue weighted by Gasteiger charge is -2.12. The SMILES string of the molecule is COCc1nc(Cl)cc(NC(C)c2ncc(C)s2)n1. The average Bonchev–Trinajstić information content (AvgIpc) is 2.75. The molecule has 1 atom stereocenters. The molecule has 0 radical (unpaired) electrons. The number of methoxy groups -OCH3 is 1. The van der Waals surface area contributed by atoms with Crippen LogP contribution < -0.4 is 5.32 Å². The summed E-state index contributed by atoms with van der Waals surface area (Å²) >= 11 is 7.62. The second-order valence-electron chi connectivity index (χ2n) is 4.10. The Morgan fingerprint density at radius 2 is 2.26 bits per heavy atom. The van der Waals surface area contributed by atoms with Gasteiger partial charge in [0.15, 0.2) is 5.82 Å². The Hall–Kier alpha value is -1.24. The summed E-state index contributed by atoms with van der Waals surface area (Å²) in [6.07, 6.45) is 1.86. The van der Waals surface area contributed by atoms with Crippen molar-refractivity contribution < 1.29 is 4.74 Å². The summed E-state index contributed by atoms with van der Waals surface area (Å²) in [5.41, 5.74) is 0. The Kier molecular flexibility index (Phi) is 4.68. The van der Waals surface area contributed by atoms with Crippen molar-refractivity contribution in [3.05, 3.63) is 33.1 Å². The smallest absolute Gasteiger partial charge is 0.158 e. The van der Waals surface area contributed by atoms with Crippen molar-refractivity contribution in [3.8, 4) is 0 Å². The van der Waals surface area contributed by atoms with E-state index in [0.29, 0.717) is 23.4 Å². The minimum atomic E-state index is 0.0695. The third kappa shape index (κ3) is 3.86. The van der Waals surface area contributed by atoms with E-state index >= 15 is 0 Å². The normalized spacial score (nSPS) is 12.4. The molecule has 0 spiro atoms. The van der Waals surface area contributed by atoms with Crippen LogP contribution in [0.1, 0.15) is 28.7 Å². The van der Waals surface area contributed by atoms with E-state index in [1.165, 1.54) is 4.88 Å². The summed E-state index contributed by atoms with van der Waals surface area (Å²) in [5, 5.41) is 4.68. The highest BCUT2D eigenvalue weighted by Gasteiger charge is 2.11. The highest BCUT2D eigenvalue weighted by Crippen LogP contribution is 2.23. The van der Waals surface area contributed by atoms with Gasteiger partial charge < -0.3 is 10.1 Å². The van der Waals surface area contributed by atoms with Crippen molar-refractivity contribution >= 4 is 28.8 Å². The Labute approximate surface area is 121 Å². The van der Waals surface area contributed by atoms with E-state index in [0.717, 1.165) is 5.01 Å². The standard InChI is InChI=1S/C12H15ClN4OS/c1-7-5-14-12(19-7)8(2)15-10-4-9(13)16-11(17-10)6-18-3/h4-5,8H,6H2,1-3H3,(H,15,16,17). The molecule has 0 fully saturated rings. The number of anilines is 1. The quantitative estimate of drug-likeness (QED) is 0.859. The number of hydrogen-bond donors (Lipinski definition) is 1. The zero-order valence-corrected chi connectivity index (χ0v) is 12.5. The Bertz CT molecular complexity index is 560. The maximum Gasteiger partial charge on any atom is 0.158 e. The first-order chi connectivity index (χ1) is 9.08. The van der Waals surface area contributed by atoms with Gasteiger partial charge in [-0.05, 0) is 13.8 Å². The topological polar surface area (TPSA) is 59.9 Å². The summed E-state index contributed by atoms with van der Waals surface area (Å²) < 4.78 is 5.01. The molecule has 102 valence electrons. The highest BCUT2D eigenvalue weighted by atomic mass is 35.5. The minimum Gasteiger partial charge on any atom is -0.377 e. The monoisotopic (exact) mass is 298 g/mol. The number of aromatic nitrogens is 3. The molecule has 0 amide bonds. The van der Waals surface area contributed by atoms with Crippen LogP contribution in [-0.2, 0) is 11.3 Å². The third-order valence-corrected chi connectivity index (χ3v) is 3.68. The molecule has 19 heavy (non-hydrogen) atoms. The van der Waals surface area contributed by atoms with Gasteiger partial charge in [0, 0.05) is 24.3 Å². The molecule has 2 aromatic heterocycles. The lowest BCUT2D eigenvalue weighted by atomic mass is 10.3. The van der Waals surface area contributed by atoms with Gasteiger partial charge in [0.2, 0.25) is 0 Å². The Balaban J connectivity index is 2.14. The molecule has 0 saturated carbocycles. The fourth-order valence-electron chi connectivity index (χ4n) is 1.59. The fraction of sp³-hybridized carbons (Fsp3) is 0.417. The van der Waals surface area contributed by atoms with Crippen molar-refractivity contribution in [2.24, 2.45) is 0 Å². The zero-order valence-electron chi connectivity index (χ0n) is 11.0. The first-order valence-electron chi connectivity index (χ1n) is 5.79. The number of thiazole rings is 1. The van der Waals surface area contributed by atoms with E-state index in [-0.39, 0.29) is 6.04 Å². The lowest BCUT2D eigenvalue weighted by molar-refractivity contribution is 0.178. The summed E-state index contributed by atoms with van der Waals surface area (Å²) in [5.74, 6) is 1.23. The number of rotatable bonds is 5. The number of hydrogen-bond acceptors (Lipinski definition) is 6. The molecule has 2 heterocycles. The fourth-order valence-corrected chi connectivity index (χ4v) is 2.57. The van der Waals surface area contributed by atoms with Gasteiger partial charge in [0.05, 0.1) is 6.04 Å². The van der Waals surface area contributed by atoms with E-state index in [4.69, 9.17) is 16.3 Å². The number of halogens is 1. The molecular weight excluding hydrogens is 284 g/mol. The van der Waals surface area contributed by atoms with E-state index < -0.39 is 0 Å². The molecule has 0 saturated heterocycles. The molecule has 0 aliphatic carbocycles. The Morgan fingerprint density at radius 1 is 1.47 bits per heavy atom. The lowest BCUT2D eigenvalue weighted by Crippen LogP contribution is -2.09. The average molecular weight is 299 g/mol. The van der Waals surface area contributed by atoms with Crippen molar-refractivity contribution in [1.82, 2.24) is 15.0 Å². The van der Waals surface area contributed by atoms with Gasteiger partial charge in [0.1, 0.15) is 22.6 Å². The predicted molar refractivity (Wildman–Crippen MR) is 76.6 cm³/mol. The van der Waals surface area contributed by atoms with Crippen LogP contribution in [0.15, 0.2) is 12.3 Å². The highest BCUT2D eigenvalue weighted by molar-refractivity contribution is 7.11. The minimum absolute atomic E-state index is 0.0695. The predicted octanol–water partition coefficient (Wildman–Crippen LogP) is 3.21. The van der Waals surface area contributed by atoms with Gasteiger partial charge in [-0.1, -0.05) is 11.6 Å². The van der Waals surface area contributed by atoms with Crippen LogP contribution in [0, 0.1) is 6.92 Å². The van der Waals surface area contributed by atoms with Crippen LogP contribution in [0.2, 0.25) is 5.15 Å². The van der Waals surface area contributed by atoms with Crippen molar-refractivity contribution in [3.63, 3.8) is 0 Å². The molecule has 1 unspecified atom stereocenters. The van der Waals surface area contributed by atoms with E-state index in [1.54, 1.807) is 24.5 Å². The van der Waals surface area contributed by atoms with Crippen molar-refractivity contribution in [2.75, 3.05) is 12.4 Å². The second kappa shape index (κ2) is 6.27. The first-order valence-corrected chi connectivity index (χ1v) is 6.99. The molecular formula is C12H15ClN4OS. The number of ether oxygens (including phenoxy) is 1. The largest absolute Gasteiger partial charge is 0.377 e. The third-order valence-electron chi connectivity index (χ3n) is 2.39. The maximum atomic E-state index is 5.96. The summed E-state index contributed by atoms with van der Waals surface area (Å²) in [6, 6.07) is 1.76. The van der Waals surface area contributed by atoms with Crippen LogP contribution in [0.5, 0.6) is 0 Å². The Morgan fingerprint density at radius 3 is 2.89 bits per heavy atom. The van der Waals surface area contributed by atoms with Gasteiger partial charge in [-0.15, -0.1) is 11.3 Å². The molecule has 7 heteroatoms. The van der Waals surface area contributed by atoms with Crippen LogP contribution in [0.4, 0.5) is 5.82 Å².